The van der Waals surface area contributed by atoms with Crippen molar-refractivity contribution < 1.29 is 4.79 Å². The normalized spacial score (nSPS) is 10.4. The molecule has 4 nitrogen and oxygen atoms in total. The molecule has 2 N–H and O–H groups in total. The van der Waals surface area contributed by atoms with Gasteiger partial charge in [0.1, 0.15) is 0 Å². The Morgan fingerprint density at radius 2 is 2.05 bits per heavy atom. The molecule has 20 heavy (non-hydrogen) atoms. The van der Waals surface area contributed by atoms with Gasteiger partial charge in [0, 0.05) is 25.8 Å². The van der Waals surface area contributed by atoms with Crippen LogP contribution in [0.5, 0.6) is 0 Å². The topological polar surface area (TPSA) is 44.4 Å². The van der Waals surface area contributed by atoms with Crippen LogP contribution in [0.4, 0.5) is 5.69 Å². The standard InChI is InChI=1S/C16H27N3O/c1-5-9-17-11-14-7-8-15(10-13(14)3)19(4)12-16(20)18-6-2/h7-8,10,17H,5-6,9,11-12H2,1-4H3,(H,18,20). The highest BCUT2D eigenvalue weighted by Crippen LogP contribution is 2.18. The van der Waals surface area contributed by atoms with Gasteiger partial charge in [-0.1, -0.05) is 13.0 Å². The van der Waals surface area contributed by atoms with Gasteiger partial charge in [0.05, 0.1) is 6.54 Å². The molecule has 0 atom stereocenters. The summed E-state index contributed by atoms with van der Waals surface area (Å²) in [7, 11) is 1.94. The maximum atomic E-state index is 11.6. The molecule has 0 aliphatic rings. The van der Waals surface area contributed by atoms with Crippen LogP contribution in [-0.2, 0) is 11.3 Å². The lowest BCUT2D eigenvalue weighted by Crippen LogP contribution is -2.35. The quantitative estimate of drug-likeness (QED) is 0.715. The maximum absolute atomic E-state index is 11.6. The van der Waals surface area contributed by atoms with E-state index < -0.39 is 0 Å². The van der Waals surface area contributed by atoms with Crippen LogP contribution in [0.1, 0.15) is 31.4 Å². The van der Waals surface area contributed by atoms with Crippen LogP contribution in [0.3, 0.4) is 0 Å². The van der Waals surface area contributed by atoms with Crippen LogP contribution in [0.2, 0.25) is 0 Å². The number of amides is 1. The third-order valence-electron chi connectivity index (χ3n) is 3.26. The van der Waals surface area contributed by atoms with Crippen molar-refractivity contribution in [3.63, 3.8) is 0 Å². The Morgan fingerprint density at radius 3 is 2.65 bits per heavy atom. The number of likely N-dealkylation sites (N-methyl/N-ethyl adjacent to an activating group) is 2. The van der Waals surface area contributed by atoms with Crippen LogP contribution < -0.4 is 15.5 Å². The van der Waals surface area contributed by atoms with Gasteiger partial charge in [-0.3, -0.25) is 4.79 Å². The number of hydrogen-bond donors (Lipinski definition) is 2. The summed E-state index contributed by atoms with van der Waals surface area (Å²) in [5.74, 6) is 0.0568. The zero-order valence-corrected chi connectivity index (χ0v) is 13.1. The summed E-state index contributed by atoms with van der Waals surface area (Å²) in [6.45, 7) is 9.22. The first kappa shape index (κ1) is 16.5. The van der Waals surface area contributed by atoms with Gasteiger partial charge in [-0.05, 0) is 50.1 Å². The first-order valence-electron chi connectivity index (χ1n) is 7.36. The number of nitrogens with one attached hydrogen (secondary N) is 2. The van der Waals surface area contributed by atoms with Gasteiger partial charge in [0.15, 0.2) is 0 Å². The zero-order valence-electron chi connectivity index (χ0n) is 13.1. The van der Waals surface area contributed by atoms with E-state index in [0.29, 0.717) is 13.1 Å². The highest BCUT2D eigenvalue weighted by Gasteiger charge is 2.08. The molecule has 0 unspecified atom stereocenters. The molecular formula is C16H27N3O. The van der Waals surface area contributed by atoms with Gasteiger partial charge < -0.3 is 15.5 Å². The number of benzene rings is 1. The van der Waals surface area contributed by atoms with Gasteiger partial charge in [-0.15, -0.1) is 0 Å². The average Bonchev–Trinajstić information content (AvgIpc) is 2.41. The van der Waals surface area contributed by atoms with Crippen molar-refractivity contribution in [2.45, 2.75) is 33.7 Å². The molecule has 0 aromatic heterocycles. The number of hydrogen-bond acceptors (Lipinski definition) is 3. The van der Waals surface area contributed by atoms with Crippen molar-refractivity contribution in [1.29, 1.82) is 0 Å². The van der Waals surface area contributed by atoms with Crippen LogP contribution in [0.15, 0.2) is 18.2 Å². The van der Waals surface area contributed by atoms with Crippen molar-refractivity contribution in [2.75, 3.05) is 31.6 Å². The Balaban J connectivity index is 2.63. The second kappa shape index (κ2) is 8.59. The fraction of sp³-hybridized carbons (Fsp3) is 0.562. The smallest absolute Gasteiger partial charge is 0.239 e. The van der Waals surface area contributed by atoms with Crippen LogP contribution in [0.25, 0.3) is 0 Å². The summed E-state index contributed by atoms with van der Waals surface area (Å²) in [4.78, 5) is 13.6. The lowest BCUT2D eigenvalue weighted by atomic mass is 10.1. The summed E-state index contributed by atoms with van der Waals surface area (Å²) >= 11 is 0. The Bertz CT molecular complexity index is 432. The lowest BCUT2D eigenvalue weighted by Gasteiger charge is -2.20. The summed E-state index contributed by atoms with van der Waals surface area (Å²) < 4.78 is 0. The summed E-state index contributed by atoms with van der Waals surface area (Å²) in [6.07, 6.45) is 1.15. The third-order valence-corrected chi connectivity index (χ3v) is 3.26. The first-order valence-corrected chi connectivity index (χ1v) is 7.36. The van der Waals surface area contributed by atoms with E-state index in [1.807, 2.05) is 18.9 Å². The number of carbonyl (C=O) groups is 1. The molecule has 4 heteroatoms. The molecule has 0 saturated heterocycles. The van der Waals surface area contributed by atoms with Crippen LogP contribution in [-0.4, -0.2) is 32.6 Å². The van der Waals surface area contributed by atoms with E-state index in [1.165, 1.54) is 11.1 Å². The average molecular weight is 277 g/mol. The molecule has 0 aliphatic heterocycles. The highest BCUT2D eigenvalue weighted by atomic mass is 16.1. The highest BCUT2D eigenvalue weighted by molar-refractivity contribution is 5.81. The van der Waals surface area contributed by atoms with Crippen molar-refractivity contribution in [3.05, 3.63) is 29.3 Å². The minimum Gasteiger partial charge on any atom is -0.365 e. The van der Waals surface area contributed by atoms with E-state index in [2.05, 4.69) is 42.7 Å². The molecule has 0 fully saturated rings. The molecule has 112 valence electrons. The summed E-state index contributed by atoms with van der Waals surface area (Å²) in [5.41, 5.74) is 3.65. The minimum atomic E-state index is 0.0568. The lowest BCUT2D eigenvalue weighted by molar-refractivity contribution is -0.119. The molecule has 1 aromatic rings. The zero-order chi connectivity index (χ0) is 15.0. The minimum absolute atomic E-state index is 0.0568. The number of nitrogens with zero attached hydrogens (tertiary/aromatic N) is 1. The maximum Gasteiger partial charge on any atom is 0.239 e. The van der Waals surface area contributed by atoms with E-state index in [0.717, 1.165) is 25.2 Å². The second-order valence-electron chi connectivity index (χ2n) is 5.10. The molecule has 0 bridgehead atoms. The molecule has 0 aliphatic carbocycles. The van der Waals surface area contributed by atoms with Gasteiger partial charge in [-0.2, -0.15) is 0 Å². The monoisotopic (exact) mass is 277 g/mol. The van der Waals surface area contributed by atoms with E-state index in [1.54, 1.807) is 0 Å². The fourth-order valence-electron chi connectivity index (χ4n) is 2.08. The number of aryl methyl sites for hydroxylation is 1. The molecular weight excluding hydrogens is 250 g/mol. The molecule has 1 rings (SSSR count). The van der Waals surface area contributed by atoms with Crippen molar-refractivity contribution in [3.8, 4) is 0 Å². The number of rotatable bonds is 8. The summed E-state index contributed by atoms with van der Waals surface area (Å²) in [6, 6.07) is 6.36. The molecule has 0 heterocycles. The fourth-order valence-corrected chi connectivity index (χ4v) is 2.08. The molecule has 0 saturated carbocycles. The van der Waals surface area contributed by atoms with E-state index in [-0.39, 0.29) is 5.91 Å². The van der Waals surface area contributed by atoms with Crippen LogP contribution >= 0.6 is 0 Å². The SMILES string of the molecule is CCCNCc1ccc(N(C)CC(=O)NCC)cc1C. The van der Waals surface area contributed by atoms with Gasteiger partial charge in [0.2, 0.25) is 5.91 Å². The van der Waals surface area contributed by atoms with Gasteiger partial charge in [-0.25, -0.2) is 0 Å². The molecule has 1 amide bonds. The number of anilines is 1. The van der Waals surface area contributed by atoms with E-state index in [9.17, 15) is 4.79 Å². The largest absolute Gasteiger partial charge is 0.365 e. The third kappa shape index (κ3) is 5.21. The molecule has 1 aromatic carbocycles. The van der Waals surface area contributed by atoms with Crippen LogP contribution in [0, 0.1) is 6.92 Å². The van der Waals surface area contributed by atoms with Crippen molar-refractivity contribution >= 4 is 11.6 Å². The first-order chi connectivity index (χ1) is 9.58. The Labute approximate surface area is 122 Å². The van der Waals surface area contributed by atoms with E-state index >= 15 is 0 Å². The summed E-state index contributed by atoms with van der Waals surface area (Å²) in [5, 5.41) is 6.23. The predicted octanol–water partition coefficient (Wildman–Crippen LogP) is 2.07. The Kier molecular flexibility index (Phi) is 7.09. The van der Waals surface area contributed by atoms with Crippen molar-refractivity contribution in [1.82, 2.24) is 10.6 Å². The molecule has 0 spiro atoms. The van der Waals surface area contributed by atoms with E-state index in [4.69, 9.17) is 0 Å². The number of carbonyl (C=O) groups excluding carboxylic acids is 1. The van der Waals surface area contributed by atoms with Gasteiger partial charge in [0.25, 0.3) is 0 Å². The predicted molar refractivity (Wildman–Crippen MR) is 85.1 cm³/mol. The Hall–Kier alpha value is -1.55. The second-order valence-corrected chi connectivity index (χ2v) is 5.10. The van der Waals surface area contributed by atoms with Crippen molar-refractivity contribution in [2.24, 2.45) is 0 Å². The van der Waals surface area contributed by atoms with Gasteiger partial charge >= 0.3 is 0 Å². The molecule has 0 radical (unpaired) electrons. The Morgan fingerprint density at radius 1 is 1.30 bits per heavy atom.